The third-order valence-corrected chi connectivity index (χ3v) is 4.35. The second-order valence-corrected chi connectivity index (χ2v) is 6.62. The van der Waals surface area contributed by atoms with E-state index in [4.69, 9.17) is 0 Å². The molecule has 4 heteroatoms. The van der Waals surface area contributed by atoms with Crippen molar-refractivity contribution in [3.63, 3.8) is 0 Å². The van der Waals surface area contributed by atoms with Crippen molar-refractivity contribution in [1.29, 1.82) is 0 Å². The first-order valence-electron chi connectivity index (χ1n) is 8.62. The number of carbonyl (C=O) groups is 2. The van der Waals surface area contributed by atoms with Crippen LogP contribution in [0.15, 0.2) is 18.2 Å². The molecule has 0 aromatic heterocycles. The molecule has 2 rings (SSSR count). The van der Waals surface area contributed by atoms with Crippen LogP contribution in [0.3, 0.4) is 0 Å². The zero-order chi connectivity index (χ0) is 16.7. The maximum atomic E-state index is 12.3. The Bertz CT molecular complexity index is 552. The van der Waals surface area contributed by atoms with Crippen LogP contribution >= 0.6 is 0 Å². The van der Waals surface area contributed by atoms with Crippen LogP contribution in [-0.2, 0) is 17.6 Å². The molecular formula is C19H28N2O2. The van der Waals surface area contributed by atoms with Gasteiger partial charge >= 0.3 is 0 Å². The predicted molar refractivity (Wildman–Crippen MR) is 92.8 cm³/mol. The summed E-state index contributed by atoms with van der Waals surface area (Å²) < 4.78 is 0. The fourth-order valence-corrected chi connectivity index (χ4v) is 2.99. The number of Topliss-reactive ketones (excluding diaryl/α,β-unsaturated/α-hetero) is 1. The van der Waals surface area contributed by atoms with Crippen LogP contribution in [0.25, 0.3) is 0 Å². The summed E-state index contributed by atoms with van der Waals surface area (Å²) in [6.07, 6.45) is 6.14. The maximum absolute atomic E-state index is 12.3. The van der Waals surface area contributed by atoms with Crippen LogP contribution in [0.4, 0.5) is 0 Å². The van der Waals surface area contributed by atoms with Gasteiger partial charge in [-0.3, -0.25) is 9.59 Å². The third kappa shape index (κ3) is 5.79. The van der Waals surface area contributed by atoms with Gasteiger partial charge < -0.3 is 10.2 Å². The van der Waals surface area contributed by atoms with Crippen molar-refractivity contribution in [2.75, 3.05) is 27.2 Å². The lowest BCUT2D eigenvalue weighted by atomic mass is 9.89. The number of carbonyl (C=O) groups excluding carboxylic acids is 2. The van der Waals surface area contributed by atoms with Gasteiger partial charge in [-0.25, -0.2) is 0 Å². The first-order chi connectivity index (χ1) is 11.1. The van der Waals surface area contributed by atoms with E-state index in [9.17, 15) is 9.59 Å². The lowest BCUT2D eigenvalue weighted by molar-refractivity contribution is -0.121. The van der Waals surface area contributed by atoms with Crippen LogP contribution < -0.4 is 5.32 Å². The van der Waals surface area contributed by atoms with Crippen molar-refractivity contribution >= 4 is 11.7 Å². The van der Waals surface area contributed by atoms with Crippen LogP contribution in [-0.4, -0.2) is 43.8 Å². The molecule has 0 atom stereocenters. The minimum atomic E-state index is -0.0323. The van der Waals surface area contributed by atoms with Gasteiger partial charge in [0.2, 0.25) is 5.91 Å². The molecule has 1 amide bonds. The SMILES string of the molecule is CN(C)CCCNC(=O)CCC(=O)c1ccc2c(c1)CCCC2. The minimum absolute atomic E-state index is 0.0323. The summed E-state index contributed by atoms with van der Waals surface area (Å²) in [6, 6.07) is 6.04. The van der Waals surface area contributed by atoms with E-state index in [1.54, 1.807) is 0 Å². The van der Waals surface area contributed by atoms with Crippen LogP contribution in [0.1, 0.15) is 53.6 Å². The highest BCUT2D eigenvalue weighted by atomic mass is 16.2. The van der Waals surface area contributed by atoms with E-state index < -0.39 is 0 Å². The number of aryl methyl sites for hydroxylation is 2. The highest BCUT2D eigenvalue weighted by molar-refractivity contribution is 5.98. The molecule has 0 fully saturated rings. The zero-order valence-corrected chi connectivity index (χ0v) is 14.4. The van der Waals surface area contributed by atoms with E-state index in [1.165, 1.54) is 24.0 Å². The van der Waals surface area contributed by atoms with Gasteiger partial charge in [-0.2, -0.15) is 0 Å². The van der Waals surface area contributed by atoms with Crippen molar-refractivity contribution in [3.8, 4) is 0 Å². The molecule has 1 aromatic rings. The van der Waals surface area contributed by atoms with E-state index in [-0.39, 0.29) is 24.5 Å². The van der Waals surface area contributed by atoms with E-state index in [2.05, 4.69) is 16.3 Å². The minimum Gasteiger partial charge on any atom is -0.356 e. The fraction of sp³-hybridized carbons (Fsp3) is 0.579. The zero-order valence-electron chi connectivity index (χ0n) is 14.4. The Hall–Kier alpha value is -1.68. The topological polar surface area (TPSA) is 49.4 Å². The van der Waals surface area contributed by atoms with Gasteiger partial charge in [0.1, 0.15) is 0 Å². The Morgan fingerprint density at radius 2 is 1.83 bits per heavy atom. The second kappa shape index (κ2) is 8.82. The molecule has 0 aliphatic heterocycles. The molecule has 0 unspecified atom stereocenters. The number of nitrogens with one attached hydrogen (secondary N) is 1. The Kier molecular flexibility index (Phi) is 6.78. The predicted octanol–water partition coefficient (Wildman–Crippen LogP) is 2.60. The van der Waals surface area contributed by atoms with E-state index in [0.717, 1.165) is 31.4 Å². The summed E-state index contributed by atoms with van der Waals surface area (Å²) in [6.45, 7) is 1.62. The number of hydrogen-bond donors (Lipinski definition) is 1. The molecule has 23 heavy (non-hydrogen) atoms. The normalized spacial score (nSPS) is 13.7. The van der Waals surface area contributed by atoms with Crippen molar-refractivity contribution in [2.45, 2.75) is 44.9 Å². The van der Waals surface area contributed by atoms with Gasteiger partial charge in [0.15, 0.2) is 5.78 Å². The molecule has 0 bridgehead atoms. The molecule has 0 heterocycles. The number of nitrogens with zero attached hydrogens (tertiary/aromatic N) is 1. The number of hydrogen-bond acceptors (Lipinski definition) is 3. The van der Waals surface area contributed by atoms with Gasteiger partial charge in [0, 0.05) is 24.9 Å². The molecule has 126 valence electrons. The van der Waals surface area contributed by atoms with Gasteiger partial charge in [-0.15, -0.1) is 0 Å². The first kappa shape index (κ1) is 17.7. The summed E-state index contributed by atoms with van der Waals surface area (Å²) >= 11 is 0. The molecule has 0 saturated heterocycles. The maximum Gasteiger partial charge on any atom is 0.220 e. The summed E-state index contributed by atoms with van der Waals surface area (Å²) in [5.74, 6) is 0.0388. The number of fused-ring (bicyclic) bond motifs is 1. The molecule has 1 aliphatic rings. The van der Waals surface area contributed by atoms with Crippen LogP contribution in [0, 0.1) is 0 Å². The fourth-order valence-electron chi connectivity index (χ4n) is 2.99. The molecule has 1 N–H and O–H groups in total. The van der Waals surface area contributed by atoms with Crippen molar-refractivity contribution in [1.82, 2.24) is 10.2 Å². The Labute approximate surface area is 139 Å². The molecule has 0 spiro atoms. The van der Waals surface area contributed by atoms with Crippen LogP contribution in [0.2, 0.25) is 0 Å². The Balaban J connectivity index is 1.75. The van der Waals surface area contributed by atoms with Crippen molar-refractivity contribution in [3.05, 3.63) is 34.9 Å². The lowest BCUT2D eigenvalue weighted by Crippen LogP contribution is -2.27. The summed E-state index contributed by atoms with van der Waals surface area (Å²) in [5, 5.41) is 2.88. The Morgan fingerprint density at radius 1 is 1.09 bits per heavy atom. The standard InChI is InChI=1S/C19H28N2O2/c1-21(2)13-5-12-20-19(23)11-10-18(22)17-9-8-15-6-3-4-7-16(15)14-17/h8-9,14H,3-7,10-13H2,1-2H3,(H,20,23). The smallest absolute Gasteiger partial charge is 0.220 e. The van der Waals surface area contributed by atoms with Gasteiger partial charge in [0.05, 0.1) is 0 Å². The molecule has 0 saturated carbocycles. The number of benzene rings is 1. The monoisotopic (exact) mass is 316 g/mol. The van der Waals surface area contributed by atoms with Gasteiger partial charge in [0.25, 0.3) is 0 Å². The summed E-state index contributed by atoms with van der Waals surface area (Å²) in [5.41, 5.74) is 3.45. The largest absolute Gasteiger partial charge is 0.356 e. The van der Waals surface area contributed by atoms with Crippen molar-refractivity contribution < 1.29 is 9.59 Å². The molecule has 1 aromatic carbocycles. The average Bonchev–Trinajstić information content (AvgIpc) is 2.56. The van der Waals surface area contributed by atoms with Gasteiger partial charge in [-0.05, 0) is 69.9 Å². The summed E-state index contributed by atoms with van der Waals surface area (Å²) in [4.78, 5) is 26.1. The Morgan fingerprint density at radius 3 is 2.57 bits per heavy atom. The molecule has 1 aliphatic carbocycles. The van der Waals surface area contributed by atoms with Crippen LogP contribution in [0.5, 0.6) is 0 Å². The third-order valence-electron chi connectivity index (χ3n) is 4.35. The highest BCUT2D eigenvalue weighted by Gasteiger charge is 2.14. The lowest BCUT2D eigenvalue weighted by Gasteiger charge is -2.16. The van der Waals surface area contributed by atoms with Crippen molar-refractivity contribution in [2.24, 2.45) is 0 Å². The number of amides is 1. The molecular weight excluding hydrogens is 288 g/mol. The summed E-state index contributed by atoms with van der Waals surface area (Å²) in [7, 11) is 4.03. The van der Waals surface area contributed by atoms with E-state index in [1.807, 2.05) is 26.2 Å². The highest BCUT2D eigenvalue weighted by Crippen LogP contribution is 2.22. The number of rotatable bonds is 8. The molecule has 0 radical (unpaired) electrons. The second-order valence-electron chi connectivity index (χ2n) is 6.62. The first-order valence-corrected chi connectivity index (χ1v) is 8.62. The average molecular weight is 316 g/mol. The van der Waals surface area contributed by atoms with E-state index >= 15 is 0 Å². The van der Waals surface area contributed by atoms with E-state index in [0.29, 0.717) is 6.54 Å². The van der Waals surface area contributed by atoms with Gasteiger partial charge in [-0.1, -0.05) is 12.1 Å². The quantitative estimate of drug-likeness (QED) is 0.592. The number of ketones is 1. The molecule has 4 nitrogen and oxygen atoms in total.